The van der Waals surface area contributed by atoms with E-state index < -0.39 is 0 Å². The average molecular weight is 264 g/mol. The Morgan fingerprint density at radius 2 is 2.17 bits per heavy atom. The van der Waals surface area contributed by atoms with E-state index in [0.29, 0.717) is 4.88 Å². The number of aldehydes is 1. The van der Waals surface area contributed by atoms with E-state index in [1.807, 2.05) is 6.92 Å². The maximum atomic E-state index is 13.4. The van der Waals surface area contributed by atoms with Crippen LogP contribution in [0.1, 0.15) is 27.0 Å². The number of ether oxygens (including phenoxy) is 1. The topological polar surface area (TPSA) is 26.3 Å². The maximum absolute atomic E-state index is 13.4. The molecule has 0 N–H and O–H groups in total. The Morgan fingerprint density at radius 3 is 2.83 bits per heavy atom. The van der Waals surface area contributed by atoms with Crippen molar-refractivity contribution in [1.82, 2.24) is 0 Å². The zero-order valence-corrected chi connectivity index (χ0v) is 10.8. The molecule has 0 bridgehead atoms. The van der Waals surface area contributed by atoms with Crippen LogP contribution in [0.15, 0.2) is 30.3 Å². The zero-order chi connectivity index (χ0) is 13.0. The third kappa shape index (κ3) is 2.76. The van der Waals surface area contributed by atoms with Crippen LogP contribution in [0.25, 0.3) is 0 Å². The van der Waals surface area contributed by atoms with Crippen LogP contribution in [0.5, 0.6) is 5.75 Å². The highest BCUT2D eigenvalue weighted by Crippen LogP contribution is 2.24. The summed E-state index contributed by atoms with van der Waals surface area (Å²) in [4.78, 5) is 12.5. The van der Waals surface area contributed by atoms with Gasteiger partial charge in [-0.2, -0.15) is 0 Å². The summed E-state index contributed by atoms with van der Waals surface area (Å²) in [5, 5.41) is 0. The van der Waals surface area contributed by atoms with Gasteiger partial charge in [0, 0.05) is 10.4 Å². The van der Waals surface area contributed by atoms with Crippen LogP contribution >= 0.6 is 11.3 Å². The van der Waals surface area contributed by atoms with E-state index in [1.165, 1.54) is 17.4 Å². The minimum Gasteiger partial charge on any atom is -0.486 e. The number of hydrogen-bond donors (Lipinski definition) is 0. The number of aryl methyl sites for hydroxylation is 1. The molecule has 0 spiro atoms. The molecule has 0 aliphatic heterocycles. The standard InChI is InChI=1S/C14H13FO2S/c1-2-14-10(7-11(8-16)18-14)9-17-13-6-4-3-5-12(13)15/h3-8H,2,9H2,1H3. The van der Waals surface area contributed by atoms with Crippen molar-refractivity contribution in [3.05, 3.63) is 51.5 Å². The third-order valence-electron chi connectivity index (χ3n) is 2.57. The first-order valence-corrected chi connectivity index (χ1v) is 6.50. The molecule has 0 aliphatic rings. The predicted octanol–water partition coefficient (Wildman–Crippen LogP) is 3.84. The van der Waals surface area contributed by atoms with Crippen molar-refractivity contribution in [1.29, 1.82) is 0 Å². The van der Waals surface area contributed by atoms with Gasteiger partial charge in [-0.1, -0.05) is 19.1 Å². The second-order valence-corrected chi connectivity index (χ2v) is 4.96. The Bertz CT molecular complexity index is 548. The fraction of sp³-hybridized carbons (Fsp3) is 0.214. The van der Waals surface area contributed by atoms with Crippen molar-refractivity contribution < 1.29 is 13.9 Å². The Labute approximate surface area is 109 Å². The smallest absolute Gasteiger partial charge is 0.165 e. The molecule has 0 saturated carbocycles. The molecule has 0 saturated heterocycles. The van der Waals surface area contributed by atoms with E-state index in [1.54, 1.807) is 24.3 Å². The Kier molecular flexibility index (Phi) is 4.10. The highest BCUT2D eigenvalue weighted by atomic mass is 32.1. The summed E-state index contributed by atoms with van der Waals surface area (Å²) in [7, 11) is 0. The average Bonchev–Trinajstić information content (AvgIpc) is 2.80. The van der Waals surface area contributed by atoms with Gasteiger partial charge in [0.25, 0.3) is 0 Å². The number of hydrogen-bond acceptors (Lipinski definition) is 3. The Morgan fingerprint density at radius 1 is 1.39 bits per heavy atom. The van der Waals surface area contributed by atoms with Crippen LogP contribution < -0.4 is 4.74 Å². The second kappa shape index (κ2) is 5.78. The van der Waals surface area contributed by atoms with Gasteiger partial charge >= 0.3 is 0 Å². The first-order valence-electron chi connectivity index (χ1n) is 5.68. The number of benzene rings is 1. The predicted molar refractivity (Wildman–Crippen MR) is 69.8 cm³/mol. The molecular formula is C14H13FO2S. The van der Waals surface area contributed by atoms with Gasteiger partial charge < -0.3 is 4.74 Å². The minimum atomic E-state index is -0.374. The van der Waals surface area contributed by atoms with Gasteiger partial charge in [0.1, 0.15) is 6.61 Å². The number of carbonyl (C=O) groups excluding carboxylic acids is 1. The monoisotopic (exact) mass is 264 g/mol. The molecule has 18 heavy (non-hydrogen) atoms. The van der Waals surface area contributed by atoms with Gasteiger partial charge in [-0.25, -0.2) is 4.39 Å². The fourth-order valence-electron chi connectivity index (χ4n) is 1.69. The normalized spacial score (nSPS) is 10.3. The Balaban J connectivity index is 2.12. The summed E-state index contributed by atoms with van der Waals surface area (Å²) in [5.41, 5.74) is 0.952. The largest absolute Gasteiger partial charge is 0.486 e. The van der Waals surface area contributed by atoms with Crippen molar-refractivity contribution in [3.8, 4) is 5.75 Å². The van der Waals surface area contributed by atoms with Crippen LogP contribution in [0.2, 0.25) is 0 Å². The molecule has 94 valence electrons. The number of halogens is 1. The van der Waals surface area contributed by atoms with E-state index in [4.69, 9.17) is 4.74 Å². The summed E-state index contributed by atoms with van der Waals surface area (Å²) in [6.45, 7) is 2.31. The summed E-state index contributed by atoms with van der Waals surface area (Å²) >= 11 is 1.46. The maximum Gasteiger partial charge on any atom is 0.165 e. The van der Waals surface area contributed by atoms with E-state index in [0.717, 1.165) is 23.1 Å². The van der Waals surface area contributed by atoms with E-state index in [2.05, 4.69) is 0 Å². The van der Waals surface area contributed by atoms with E-state index >= 15 is 0 Å². The molecule has 0 aliphatic carbocycles. The molecule has 2 aromatic rings. The van der Waals surface area contributed by atoms with Gasteiger partial charge in [-0.05, 0) is 24.6 Å². The molecular weight excluding hydrogens is 251 g/mol. The van der Waals surface area contributed by atoms with Crippen LogP contribution in [0.3, 0.4) is 0 Å². The molecule has 4 heteroatoms. The number of para-hydroxylation sites is 1. The van der Waals surface area contributed by atoms with Crippen molar-refractivity contribution in [2.75, 3.05) is 0 Å². The molecule has 1 aromatic carbocycles. The van der Waals surface area contributed by atoms with Gasteiger partial charge in [-0.3, -0.25) is 4.79 Å². The fourth-order valence-corrected chi connectivity index (χ4v) is 2.61. The SMILES string of the molecule is CCc1sc(C=O)cc1COc1ccccc1F. The minimum absolute atomic E-state index is 0.235. The van der Waals surface area contributed by atoms with Crippen LogP contribution in [0.4, 0.5) is 4.39 Å². The molecule has 2 nitrogen and oxygen atoms in total. The van der Waals surface area contributed by atoms with Gasteiger partial charge in [0.2, 0.25) is 0 Å². The number of thiophene rings is 1. The van der Waals surface area contributed by atoms with E-state index in [9.17, 15) is 9.18 Å². The molecule has 0 unspecified atom stereocenters. The third-order valence-corrected chi connectivity index (χ3v) is 3.82. The summed E-state index contributed by atoms with van der Waals surface area (Å²) in [6, 6.07) is 8.10. The van der Waals surface area contributed by atoms with Gasteiger partial charge in [-0.15, -0.1) is 11.3 Å². The molecule has 0 fully saturated rings. The lowest BCUT2D eigenvalue weighted by molar-refractivity contribution is 0.112. The lowest BCUT2D eigenvalue weighted by Gasteiger charge is -2.06. The van der Waals surface area contributed by atoms with Crippen molar-refractivity contribution in [3.63, 3.8) is 0 Å². The highest BCUT2D eigenvalue weighted by molar-refractivity contribution is 7.13. The lowest BCUT2D eigenvalue weighted by Crippen LogP contribution is -1.98. The zero-order valence-electron chi connectivity index (χ0n) is 9.98. The summed E-state index contributed by atoms with van der Waals surface area (Å²) in [6.07, 6.45) is 1.67. The quantitative estimate of drug-likeness (QED) is 0.767. The molecule has 0 amide bonds. The van der Waals surface area contributed by atoms with Crippen LogP contribution in [-0.2, 0) is 13.0 Å². The lowest BCUT2D eigenvalue weighted by atomic mass is 10.2. The van der Waals surface area contributed by atoms with Crippen molar-refractivity contribution in [2.24, 2.45) is 0 Å². The van der Waals surface area contributed by atoms with Crippen molar-refractivity contribution in [2.45, 2.75) is 20.0 Å². The second-order valence-electron chi connectivity index (χ2n) is 3.79. The van der Waals surface area contributed by atoms with Crippen LogP contribution in [-0.4, -0.2) is 6.29 Å². The first kappa shape index (κ1) is 12.8. The van der Waals surface area contributed by atoms with Crippen LogP contribution in [0, 0.1) is 5.82 Å². The Hall–Kier alpha value is -1.68. The first-order chi connectivity index (χ1) is 8.74. The molecule has 0 radical (unpaired) electrons. The van der Waals surface area contributed by atoms with E-state index in [-0.39, 0.29) is 18.2 Å². The number of carbonyl (C=O) groups is 1. The van der Waals surface area contributed by atoms with Gasteiger partial charge in [0.05, 0.1) is 4.88 Å². The summed E-state index contributed by atoms with van der Waals surface area (Å²) < 4.78 is 18.8. The molecule has 0 atom stereocenters. The molecule has 1 heterocycles. The van der Waals surface area contributed by atoms with Gasteiger partial charge in [0.15, 0.2) is 17.9 Å². The molecule has 1 aromatic heterocycles. The summed E-state index contributed by atoms with van der Waals surface area (Å²) in [5.74, 6) is -0.139. The highest BCUT2D eigenvalue weighted by Gasteiger charge is 2.09. The number of rotatable bonds is 5. The van der Waals surface area contributed by atoms with Crippen molar-refractivity contribution >= 4 is 17.6 Å². The molecule has 2 rings (SSSR count).